The molecule has 0 bridgehead atoms. The highest BCUT2D eigenvalue weighted by atomic mass is 16.5. The molecule has 3 aromatic heterocycles. The van der Waals surface area contributed by atoms with E-state index in [-0.39, 0.29) is 0 Å². The zero-order valence-corrected chi connectivity index (χ0v) is 12.1. The molecule has 114 valence electrons. The molecule has 3 aromatic rings. The Kier molecular flexibility index (Phi) is 3.11. The largest absolute Gasteiger partial charge is 0.350 e. The van der Waals surface area contributed by atoms with Crippen molar-refractivity contribution in [2.75, 3.05) is 31.1 Å². The van der Waals surface area contributed by atoms with Crippen molar-refractivity contribution in [3.63, 3.8) is 0 Å². The maximum Gasteiger partial charge on any atom is 0.298 e. The summed E-state index contributed by atoms with van der Waals surface area (Å²) >= 11 is 0. The number of hydrogen-bond donors (Lipinski definition) is 1. The van der Waals surface area contributed by atoms with Crippen LogP contribution in [0.4, 0.5) is 5.95 Å². The van der Waals surface area contributed by atoms with Crippen molar-refractivity contribution in [3.8, 4) is 22.9 Å². The van der Waals surface area contributed by atoms with Gasteiger partial charge in [-0.3, -0.25) is 4.68 Å². The van der Waals surface area contributed by atoms with E-state index in [1.165, 1.54) is 0 Å². The first-order chi connectivity index (χ1) is 10.8. The van der Waals surface area contributed by atoms with Crippen LogP contribution in [0.15, 0.2) is 27.5 Å². The average molecular weight is 301 g/mol. The molecule has 0 spiro atoms. The van der Waals surface area contributed by atoms with E-state index in [1.54, 1.807) is 16.9 Å². The third kappa shape index (κ3) is 2.35. The standard InChI is InChI=1S/C13H15N7O2/c1-19-8-9(7-15-19)10-6-11(21-17-10)12-16-13(18-22-12)20-4-2-14-3-5-20/h6-8,14H,2-5H2,1H3. The number of piperazine rings is 1. The molecular formula is C13H15N7O2. The Hall–Kier alpha value is -2.68. The maximum absolute atomic E-state index is 5.30. The van der Waals surface area contributed by atoms with Gasteiger partial charge in [0.05, 0.1) is 6.20 Å². The molecule has 1 fully saturated rings. The lowest BCUT2D eigenvalue weighted by atomic mass is 10.2. The Morgan fingerprint density at radius 3 is 2.82 bits per heavy atom. The summed E-state index contributed by atoms with van der Waals surface area (Å²) in [6.45, 7) is 3.54. The second-order valence-corrected chi connectivity index (χ2v) is 5.12. The fourth-order valence-corrected chi connectivity index (χ4v) is 2.37. The van der Waals surface area contributed by atoms with E-state index in [1.807, 2.05) is 13.2 Å². The van der Waals surface area contributed by atoms with Crippen LogP contribution < -0.4 is 10.2 Å². The summed E-state index contributed by atoms with van der Waals surface area (Å²) in [5.74, 6) is 1.36. The highest BCUT2D eigenvalue weighted by molar-refractivity contribution is 5.62. The fraction of sp³-hybridized carbons (Fsp3) is 0.385. The predicted molar refractivity (Wildman–Crippen MR) is 77.1 cm³/mol. The molecule has 1 saturated heterocycles. The quantitative estimate of drug-likeness (QED) is 0.748. The van der Waals surface area contributed by atoms with Gasteiger partial charge in [-0.1, -0.05) is 5.16 Å². The third-order valence-electron chi connectivity index (χ3n) is 3.54. The molecule has 9 nitrogen and oxygen atoms in total. The monoisotopic (exact) mass is 301 g/mol. The van der Waals surface area contributed by atoms with E-state index in [9.17, 15) is 0 Å². The van der Waals surface area contributed by atoms with Gasteiger partial charge in [0, 0.05) is 51.1 Å². The van der Waals surface area contributed by atoms with Crippen LogP contribution >= 0.6 is 0 Å². The summed E-state index contributed by atoms with van der Waals surface area (Å²) < 4.78 is 12.3. The van der Waals surface area contributed by atoms with E-state index >= 15 is 0 Å². The Labute approximate surface area is 125 Å². The lowest BCUT2D eigenvalue weighted by Gasteiger charge is -2.25. The molecule has 1 aliphatic rings. The van der Waals surface area contributed by atoms with Crippen LogP contribution in [0.2, 0.25) is 0 Å². The molecule has 0 saturated carbocycles. The van der Waals surface area contributed by atoms with Gasteiger partial charge < -0.3 is 19.3 Å². The van der Waals surface area contributed by atoms with Gasteiger partial charge in [0.15, 0.2) is 0 Å². The molecule has 4 rings (SSSR count). The van der Waals surface area contributed by atoms with Crippen LogP contribution in [0, 0.1) is 0 Å². The summed E-state index contributed by atoms with van der Waals surface area (Å²) in [4.78, 5) is 6.45. The number of aryl methyl sites for hydroxylation is 1. The predicted octanol–water partition coefficient (Wildman–Crippen LogP) is 0.535. The SMILES string of the molecule is Cn1cc(-c2cc(-c3nc(N4CCNCC4)no3)on2)cn1. The van der Waals surface area contributed by atoms with Crippen LogP contribution in [0.1, 0.15) is 0 Å². The van der Waals surface area contributed by atoms with Gasteiger partial charge in [0.25, 0.3) is 11.8 Å². The number of aromatic nitrogens is 5. The summed E-state index contributed by atoms with van der Waals surface area (Å²) in [6.07, 6.45) is 3.59. The molecular weight excluding hydrogens is 286 g/mol. The van der Waals surface area contributed by atoms with Gasteiger partial charge in [0.1, 0.15) is 5.69 Å². The lowest BCUT2D eigenvalue weighted by molar-refractivity contribution is 0.385. The molecule has 0 radical (unpaired) electrons. The maximum atomic E-state index is 5.30. The smallest absolute Gasteiger partial charge is 0.298 e. The Bertz CT molecular complexity index is 769. The molecule has 1 N–H and O–H groups in total. The van der Waals surface area contributed by atoms with E-state index in [0.717, 1.165) is 31.7 Å². The molecule has 0 atom stereocenters. The molecule has 0 unspecified atom stereocenters. The van der Waals surface area contributed by atoms with Crippen molar-refractivity contribution in [1.82, 2.24) is 30.4 Å². The van der Waals surface area contributed by atoms with Gasteiger partial charge in [-0.2, -0.15) is 10.1 Å². The lowest BCUT2D eigenvalue weighted by Crippen LogP contribution is -2.44. The summed E-state index contributed by atoms with van der Waals surface area (Å²) in [5, 5.41) is 15.4. The first kappa shape index (κ1) is 13.0. The number of rotatable bonds is 3. The van der Waals surface area contributed by atoms with Crippen molar-refractivity contribution in [1.29, 1.82) is 0 Å². The first-order valence-corrected chi connectivity index (χ1v) is 7.05. The minimum Gasteiger partial charge on any atom is -0.350 e. The second-order valence-electron chi connectivity index (χ2n) is 5.12. The minimum absolute atomic E-state index is 0.330. The van der Waals surface area contributed by atoms with Crippen molar-refractivity contribution >= 4 is 5.95 Å². The number of nitrogens with one attached hydrogen (secondary N) is 1. The van der Waals surface area contributed by atoms with Gasteiger partial charge in [-0.25, -0.2) is 0 Å². The number of anilines is 1. The topological polar surface area (TPSA) is 98.0 Å². The molecule has 9 heteroatoms. The fourth-order valence-electron chi connectivity index (χ4n) is 2.37. The van der Waals surface area contributed by atoms with Gasteiger partial charge in [-0.15, -0.1) is 0 Å². The van der Waals surface area contributed by atoms with Crippen LogP contribution in [0.5, 0.6) is 0 Å². The van der Waals surface area contributed by atoms with Crippen molar-refractivity contribution in [2.24, 2.45) is 7.05 Å². The molecule has 4 heterocycles. The first-order valence-electron chi connectivity index (χ1n) is 7.05. The van der Waals surface area contributed by atoms with E-state index in [4.69, 9.17) is 9.05 Å². The molecule has 22 heavy (non-hydrogen) atoms. The van der Waals surface area contributed by atoms with Gasteiger partial charge in [-0.05, 0) is 5.16 Å². The minimum atomic E-state index is 0.330. The third-order valence-corrected chi connectivity index (χ3v) is 3.54. The number of hydrogen-bond acceptors (Lipinski definition) is 8. The van der Waals surface area contributed by atoms with Crippen LogP contribution in [-0.2, 0) is 7.05 Å². The zero-order valence-electron chi connectivity index (χ0n) is 12.1. The van der Waals surface area contributed by atoms with Crippen molar-refractivity contribution in [2.45, 2.75) is 0 Å². The average Bonchev–Trinajstić information content (AvgIpc) is 3.27. The summed E-state index contributed by atoms with van der Waals surface area (Å²) in [6, 6.07) is 1.77. The van der Waals surface area contributed by atoms with E-state index < -0.39 is 0 Å². The van der Waals surface area contributed by atoms with Gasteiger partial charge >= 0.3 is 0 Å². The van der Waals surface area contributed by atoms with Crippen LogP contribution in [0.25, 0.3) is 22.9 Å². The van der Waals surface area contributed by atoms with Crippen LogP contribution in [0.3, 0.4) is 0 Å². The molecule has 1 aliphatic heterocycles. The van der Waals surface area contributed by atoms with Crippen LogP contribution in [-0.4, -0.2) is 51.3 Å². The van der Waals surface area contributed by atoms with E-state index in [0.29, 0.717) is 23.3 Å². The van der Waals surface area contributed by atoms with Crippen molar-refractivity contribution < 1.29 is 9.05 Å². The summed E-state index contributed by atoms with van der Waals surface area (Å²) in [7, 11) is 1.85. The zero-order chi connectivity index (χ0) is 14.9. The Morgan fingerprint density at radius 1 is 1.18 bits per heavy atom. The van der Waals surface area contributed by atoms with Gasteiger partial charge in [0.2, 0.25) is 5.76 Å². The Morgan fingerprint density at radius 2 is 2.05 bits per heavy atom. The highest BCUT2D eigenvalue weighted by Gasteiger charge is 2.20. The van der Waals surface area contributed by atoms with Crippen molar-refractivity contribution in [3.05, 3.63) is 18.5 Å². The highest BCUT2D eigenvalue weighted by Crippen LogP contribution is 2.25. The molecule has 0 amide bonds. The van der Waals surface area contributed by atoms with E-state index in [2.05, 4.69) is 30.6 Å². The molecule has 0 aliphatic carbocycles. The molecule has 0 aromatic carbocycles. The summed E-state index contributed by atoms with van der Waals surface area (Å²) in [5.41, 5.74) is 1.56. The second kappa shape index (κ2) is 5.26. The normalized spacial score (nSPS) is 15.4. The number of nitrogens with zero attached hydrogens (tertiary/aromatic N) is 6. The Balaban J connectivity index is 1.57.